The second-order valence-electron chi connectivity index (χ2n) is 7.31. The first-order valence-electron chi connectivity index (χ1n) is 10.0. The van der Waals surface area contributed by atoms with E-state index < -0.39 is 16.1 Å². The Balaban J connectivity index is 1.67. The van der Waals surface area contributed by atoms with Crippen molar-refractivity contribution in [3.05, 3.63) is 53.6 Å². The fraction of sp³-hybridized carbons (Fsp3) is 0.409. The van der Waals surface area contributed by atoms with Crippen LogP contribution in [0.4, 0.5) is 5.69 Å². The number of rotatable bonds is 7. The van der Waals surface area contributed by atoms with Crippen LogP contribution in [0.15, 0.2) is 47.4 Å². The molecule has 1 aliphatic rings. The van der Waals surface area contributed by atoms with Crippen LogP contribution in [0, 0.1) is 13.8 Å². The van der Waals surface area contributed by atoms with Gasteiger partial charge in [-0.2, -0.15) is 4.31 Å². The molecule has 0 bridgehead atoms. The van der Waals surface area contributed by atoms with E-state index in [0.717, 1.165) is 11.1 Å². The van der Waals surface area contributed by atoms with Crippen LogP contribution >= 0.6 is 0 Å². The second-order valence-corrected chi connectivity index (χ2v) is 9.25. The first-order valence-corrected chi connectivity index (χ1v) is 11.5. The lowest BCUT2D eigenvalue weighted by molar-refractivity contribution is -0.122. The Morgan fingerprint density at radius 2 is 1.80 bits per heavy atom. The molecule has 2 aromatic rings. The monoisotopic (exact) mass is 432 g/mol. The van der Waals surface area contributed by atoms with E-state index in [-0.39, 0.29) is 10.8 Å². The fourth-order valence-electron chi connectivity index (χ4n) is 3.18. The first-order chi connectivity index (χ1) is 14.3. The van der Waals surface area contributed by atoms with Crippen LogP contribution in [0.5, 0.6) is 5.75 Å². The smallest absolute Gasteiger partial charge is 0.265 e. The highest BCUT2D eigenvalue weighted by Gasteiger charge is 2.26. The molecule has 1 aliphatic heterocycles. The molecule has 0 unspecified atom stereocenters. The molecule has 1 N–H and O–H groups in total. The number of benzene rings is 2. The van der Waals surface area contributed by atoms with Gasteiger partial charge in [0, 0.05) is 18.8 Å². The summed E-state index contributed by atoms with van der Waals surface area (Å²) in [6, 6.07) is 12.1. The predicted molar refractivity (Wildman–Crippen MR) is 115 cm³/mol. The highest BCUT2D eigenvalue weighted by atomic mass is 32.2. The summed E-state index contributed by atoms with van der Waals surface area (Å²) in [5.74, 6) is 0.408. The van der Waals surface area contributed by atoms with Crippen molar-refractivity contribution < 1.29 is 22.7 Å². The van der Waals surface area contributed by atoms with Crippen LogP contribution in [0.25, 0.3) is 0 Å². The summed E-state index contributed by atoms with van der Waals surface area (Å²) in [6.45, 7) is 7.27. The Kier molecular flexibility index (Phi) is 7.12. The van der Waals surface area contributed by atoms with E-state index in [9.17, 15) is 13.2 Å². The molecule has 1 fully saturated rings. The lowest BCUT2D eigenvalue weighted by atomic mass is 10.1. The van der Waals surface area contributed by atoms with Crippen LogP contribution < -0.4 is 10.1 Å². The molecule has 2 aromatic carbocycles. The molecule has 0 radical (unpaired) electrons. The van der Waals surface area contributed by atoms with Gasteiger partial charge in [0.15, 0.2) is 6.10 Å². The normalized spacial score (nSPS) is 16.1. The maximum absolute atomic E-state index is 12.7. The molecule has 1 saturated heterocycles. The van der Waals surface area contributed by atoms with Crippen LogP contribution in [0.3, 0.4) is 0 Å². The number of anilines is 1. The summed E-state index contributed by atoms with van der Waals surface area (Å²) in [7, 11) is -3.56. The summed E-state index contributed by atoms with van der Waals surface area (Å²) in [4.78, 5) is 12.9. The summed E-state index contributed by atoms with van der Waals surface area (Å²) >= 11 is 0. The summed E-state index contributed by atoms with van der Waals surface area (Å²) < 4.78 is 38.0. The molecule has 0 aliphatic carbocycles. The van der Waals surface area contributed by atoms with Gasteiger partial charge in [-0.1, -0.05) is 19.1 Å². The van der Waals surface area contributed by atoms with E-state index in [0.29, 0.717) is 44.2 Å². The van der Waals surface area contributed by atoms with Crippen molar-refractivity contribution in [3.63, 3.8) is 0 Å². The third-order valence-electron chi connectivity index (χ3n) is 5.01. The minimum atomic E-state index is -3.56. The number of carbonyl (C=O) groups excluding carboxylic acids is 1. The molecule has 30 heavy (non-hydrogen) atoms. The highest BCUT2D eigenvalue weighted by Crippen LogP contribution is 2.23. The molecule has 1 atom stereocenters. The molecule has 0 saturated carbocycles. The third kappa shape index (κ3) is 5.19. The minimum Gasteiger partial charge on any atom is -0.480 e. The number of morpholine rings is 1. The van der Waals surface area contributed by atoms with E-state index in [1.54, 1.807) is 12.1 Å². The Labute approximate surface area is 178 Å². The zero-order chi connectivity index (χ0) is 21.7. The van der Waals surface area contributed by atoms with E-state index in [1.165, 1.54) is 16.4 Å². The van der Waals surface area contributed by atoms with Crippen LogP contribution in [-0.4, -0.2) is 51.0 Å². The largest absolute Gasteiger partial charge is 0.480 e. The second kappa shape index (κ2) is 9.59. The standard InChI is InChI=1S/C22H28N2O5S/c1-4-20(29-21-15-16(2)5-6-17(21)3)22(25)23-18-7-9-19(10-8-18)30(26,27)24-11-13-28-14-12-24/h5-10,15,20H,4,11-14H2,1-3H3,(H,23,25)/t20-/m0/s1. The van der Waals surface area contributed by atoms with Crippen LogP contribution in [-0.2, 0) is 19.6 Å². The van der Waals surface area contributed by atoms with Gasteiger partial charge in [0.1, 0.15) is 5.75 Å². The van der Waals surface area contributed by atoms with E-state index in [4.69, 9.17) is 9.47 Å². The molecule has 8 heteroatoms. The maximum Gasteiger partial charge on any atom is 0.265 e. The zero-order valence-corrected chi connectivity index (χ0v) is 18.4. The van der Waals surface area contributed by atoms with Gasteiger partial charge in [-0.3, -0.25) is 4.79 Å². The van der Waals surface area contributed by atoms with Crippen molar-refractivity contribution in [2.24, 2.45) is 0 Å². The number of amides is 1. The van der Waals surface area contributed by atoms with Crippen LogP contribution in [0.1, 0.15) is 24.5 Å². The molecule has 1 amide bonds. The number of ether oxygens (including phenoxy) is 2. The third-order valence-corrected chi connectivity index (χ3v) is 6.92. The number of hydrogen-bond donors (Lipinski definition) is 1. The number of nitrogens with one attached hydrogen (secondary N) is 1. The van der Waals surface area contributed by atoms with Gasteiger partial charge in [0.05, 0.1) is 18.1 Å². The van der Waals surface area contributed by atoms with Gasteiger partial charge in [-0.05, 0) is 61.7 Å². The van der Waals surface area contributed by atoms with Crippen molar-refractivity contribution in [3.8, 4) is 5.75 Å². The molecular formula is C22H28N2O5S. The van der Waals surface area contributed by atoms with Gasteiger partial charge in [0.25, 0.3) is 5.91 Å². The number of carbonyl (C=O) groups is 1. The lowest BCUT2D eigenvalue weighted by Crippen LogP contribution is -2.40. The molecule has 0 spiro atoms. The average molecular weight is 433 g/mol. The van der Waals surface area contributed by atoms with Gasteiger partial charge in [-0.15, -0.1) is 0 Å². The fourth-order valence-corrected chi connectivity index (χ4v) is 4.59. The van der Waals surface area contributed by atoms with Crippen molar-refractivity contribution in [1.29, 1.82) is 0 Å². The first kappa shape index (κ1) is 22.3. The van der Waals surface area contributed by atoms with Crippen molar-refractivity contribution in [2.45, 2.75) is 38.2 Å². The van der Waals surface area contributed by atoms with Crippen molar-refractivity contribution >= 4 is 21.6 Å². The topological polar surface area (TPSA) is 84.9 Å². The van der Waals surface area contributed by atoms with Crippen LogP contribution in [0.2, 0.25) is 0 Å². The lowest BCUT2D eigenvalue weighted by Gasteiger charge is -2.26. The van der Waals surface area contributed by atoms with Gasteiger partial charge < -0.3 is 14.8 Å². The SMILES string of the molecule is CC[C@H](Oc1cc(C)ccc1C)C(=O)Nc1ccc(S(=O)(=O)N2CCOCC2)cc1. The number of nitrogens with zero attached hydrogens (tertiary/aromatic N) is 1. The zero-order valence-electron chi connectivity index (χ0n) is 17.6. The van der Waals surface area contributed by atoms with E-state index >= 15 is 0 Å². The van der Waals surface area contributed by atoms with Crippen molar-refractivity contribution in [2.75, 3.05) is 31.6 Å². The molecule has 3 rings (SSSR count). The van der Waals surface area contributed by atoms with E-state index in [2.05, 4.69) is 5.32 Å². The number of aryl methyl sites for hydroxylation is 2. The molecule has 0 aromatic heterocycles. The number of hydrogen-bond acceptors (Lipinski definition) is 5. The van der Waals surface area contributed by atoms with Gasteiger partial charge in [0.2, 0.25) is 10.0 Å². The molecule has 7 nitrogen and oxygen atoms in total. The van der Waals surface area contributed by atoms with Crippen molar-refractivity contribution in [1.82, 2.24) is 4.31 Å². The highest BCUT2D eigenvalue weighted by molar-refractivity contribution is 7.89. The summed E-state index contributed by atoms with van der Waals surface area (Å²) in [5.41, 5.74) is 2.54. The Bertz CT molecular complexity index is 983. The number of sulfonamides is 1. The van der Waals surface area contributed by atoms with Gasteiger partial charge in [-0.25, -0.2) is 8.42 Å². The summed E-state index contributed by atoms with van der Waals surface area (Å²) in [6.07, 6.45) is -0.148. The Morgan fingerprint density at radius 1 is 1.13 bits per heavy atom. The Hall–Kier alpha value is -2.42. The quantitative estimate of drug-likeness (QED) is 0.727. The summed E-state index contributed by atoms with van der Waals surface area (Å²) in [5, 5.41) is 2.81. The predicted octanol–water partition coefficient (Wildman–Crippen LogP) is 3.12. The maximum atomic E-state index is 12.7. The average Bonchev–Trinajstić information content (AvgIpc) is 2.75. The molecule has 1 heterocycles. The molecule has 162 valence electrons. The van der Waals surface area contributed by atoms with Gasteiger partial charge >= 0.3 is 0 Å². The van der Waals surface area contributed by atoms with E-state index in [1.807, 2.05) is 39.0 Å². The molecular weight excluding hydrogens is 404 g/mol. The Morgan fingerprint density at radius 3 is 2.43 bits per heavy atom. The minimum absolute atomic E-state index is 0.195.